The number of furan rings is 1. The molecule has 1 N–H and O–H groups in total. The number of aryl methyl sites for hydroxylation is 2. The van der Waals surface area contributed by atoms with Crippen LogP contribution in [0, 0.1) is 6.92 Å². The molecule has 1 aromatic carbocycles. The van der Waals surface area contributed by atoms with Crippen molar-refractivity contribution in [1.82, 2.24) is 9.78 Å². The normalized spacial score (nSPS) is 13.0. The number of para-hydroxylation sites is 1. The van der Waals surface area contributed by atoms with E-state index >= 15 is 0 Å². The predicted molar refractivity (Wildman–Crippen MR) is 80.5 cm³/mol. The van der Waals surface area contributed by atoms with Crippen LogP contribution in [0.4, 0.5) is 0 Å². The first-order chi connectivity index (χ1) is 9.58. The molecular weight excluding hydrogens is 320 g/mol. The second-order valence-corrected chi connectivity index (χ2v) is 5.67. The number of hydrogen-bond acceptors (Lipinski definition) is 3. The summed E-state index contributed by atoms with van der Waals surface area (Å²) >= 11 is 3.52. The number of aliphatic hydroxyl groups is 1. The number of fused-ring (bicyclic) bond motifs is 1. The lowest BCUT2D eigenvalue weighted by Crippen LogP contribution is -2.06. The van der Waals surface area contributed by atoms with Crippen molar-refractivity contribution in [2.24, 2.45) is 7.05 Å². The van der Waals surface area contributed by atoms with Gasteiger partial charge in [-0.05, 0) is 28.9 Å². The standard InChI is InChI=1S/C15H15BrN2O2/c1-9-15(16)12(18(2)17-9)7-13(19)11-8-20-14-6-4-3-5-10(11)14/h3-6,8,13,19H,7H2,1-2H3. The van der Waals surface area contributed by atoms with Gasteiger partial charge in [-0.1, -0.05) is 18.2 Å². The molecule has 0 spiro atoms. The molecule has 20 heavy (non-hydrogen) atoms. The summed E-state index contributed by atoms with van der Waals surface area (Å²) < 4.78 is 8.23. The summed E-state index contributed by atoms with van der Waals surface area (Å²) in [5.41, 5.74) is 3.50. The average molecular weight is 335 g/mol. The van der Waals surface area contributed by atoms with Gasteiger partial charge in [-0.3, -0.25) is 4.68 Å². The number of halogens is 1. The van der Waals surface area contributed by atoms with Crippen molar-refractivity contribution in [3.63, 3.8) is 0 Å². The zero-order valence-electron chi connectivity index (χ0n) is 11.3. The molecule has 0 radical (unpaired) electrons. The van der Waals surface area contributed by atoms with Gasteiger partial charge in [0.2, 0.25) is 0 Å². The Kier molecular flexibility index (Phi) is 3.40. The van der Waals surface area contributed by atoms with Gasteiger partial charge in [-0.15, -0.1) is 0 Å². The Morgan fingerprint density at radius 1 is 1.40 bits per heavy atom. The average Bonchev–Trinajstić information content (AvgIpc) is 2.96. The van der Waals surface area contributed by atoms with Crippen LogP contribution in [0.25, 0.3) is 11.0 Å². The summed E-state index contributed by atoms with van der Waals surface area (Å²) in [5, 5.41) is 15.8. The van der Waals surface area contributed by atoms with Crippen molar-refractivity contribution in [2.75, 3.05) is 0 Å². The minimum absolute atomic E-state index is 0.488. The smallest absolute Gasteiger partial charge is 0.134 e. The van der Waals surface area contributed by atoms with E-state index in [-0.39, 0.29) is 0 Å². The van der Waals surface area contributed by atoms with E-state index in [4.69, 9.17) is 4.42 Å². The number of benzene rings is 1. The van der Waals surface area contributed by atoms with E-state index in [0.29, 0.717) is 6.42 Å². The van der Waals surface area contributed by atoms with E-state index in [2.05, 4.69) is 21.0 Å². The van der Waals surface area contributed by atoms with E-state index in [1.807, 2.05) is 38.2 Å². The number of aliphatic hydroxyl groups excluding tert-OH is 1. The van der Waals surface area contributed by atoms with E-state index in [0.717, 1.165) is 32.4 Å². The Morgan fingerprint density at radius 3 is 2.85 bits per heavy atom. The molecule has 1 atom stereocenters. The fourth-order valence-corrected chi connectivity index (χ4v) is 2.95. The van der Waals surface area contributed by atoms with Crippen molar-refractivity contribution in [2.45, 2.75) is 19.4 Å². The fourth-order valence-electron chi connectivity index (χ4n) is 2.45. The second kappa shape index (κ2) is 5.07. The molecule has 1 unspecified atom stereocenters. The minimum atomic E-state index is -0.621. The zero-order chi connectivity index (χ0) is 14.3. The molecule has 3 rings (SSSR count). The van der Waals surface area contributed by atoms with Gasteiger partial charge in [0, 0.05) is 24.4 Å². The van der Waals surface area contributed by atoms with Gasteiger partial charge < -0.3 is 9.52 Å². The molecular formula is C15H15BrN2O2. The van der Waals surface area contributed by atoms with Crippen LogP contribution in [0.2, 0.25) is 0 Å². The molecule has 0 aliphatic carbocycles. The summed E-state index contributed by atoms with van der Waals surface area (Å²) in [6, 6.07) is 7.72. The Labute approximate surface area is 125 Å². The molecule has 0 aliphatic rings. The number of hydrogen-bond donors (Lipinski definition) is 1. The van der Waals surface area contributed by atoms with Crippen LogP contribution >= 0.6 is 15.9 Å². The van der Waals surface area contributed by atoms with Crippen molar-refractivity contribution in [1.29, 1.82) is 0 Å². The molecule has 2 heterocycles. The van der Waals surface area contributed by atoms with E-state index in [1.165, 1.54) is 0 Å². The van der Waals surface area contributed by atoms with Crippen LogP contribution in [0.15, 0.2) is 39.4 Å². The summed E-state index contributed by atoms with van der Waals surface area (Å²) in [7, 11) is 1.88. The first-order valence-corrected chi connectivity index (χ1v) is 7.19. The highest BCUT2D eigenvalue weighted by molar-refractivity contribution is 9.10. The number of nitrogens with zero attached hydrogens (tertiary/aromatic N) is 2. The maximum atomic E-state index is 10.5. The Hall–Kier alpha value is -1.59. The van der Waals surface area contributed by atoms with Crippen molar-refractivity contribution in [3.8, 4) is 0 Å². The third-order valence-corrected chi connectivity index (χ3v) is 4.55. The molecule has 5 heteroatoms. The minimum Gasteiger partial charge on any atom is -0.464 e. The quantitative estimate of drug-likeness (QED) is 0.797. The van der Waals surface area contributed by atoms with Crippen LogP contribution in [0.3, 0.4) is 0 Å². The van der Waals surface area contributed by atoms with Crippen molar-refractivity contribution >= 4 is 26.9 Å². The highest BCUT2D eigenvalue weighted by Crippen LogP contribution is 2.30. The maximum Gasteiger partial charge on any atom is 0.134 e. The third kappa shape index (κ3) is 2.17. The molecule has 0 bridgehead atoms. The van der Waals surface area contributed by atoms with Gasteiger partial charge in [-0.2, -0.15) is 5.10 Å². The summed E-state index contributed by atoms with van der Waals surface area (Å²) in [6.07, 6.45) is 1.50. The van der Waals surface area contributed by atoms with Gasteiger partial charge in [0.15, 0.2) is 0 Å². The Morgan fingerprint density at radius 2 is 2.15 bits per heavy atom. The summed E-state index contributed by atoms with van der Waals surface area (Å²) in [4.78, 5) is 0. The van der Waals surface area contributed by atoms with Gasteiger partial charge in [0.05, 0.1) is 28.2 Å². The monoisotopic (exact) mass is 334 g/mol. The first-order valence-electron chi connectivity index (χ1n) is 6.40. The maximum absolute atomic E-state index is 10.5. The first kappa shape index (κ1) is 13.4. The third-order valence-electron chi connectivity index (χ3n) is 3.52. The predicted octanol–water partition coefficient (Wildman–Crippen LogP) is 3.51. The summed E-state index contributed by atoms with van der Waals surface area (Å²) in [6.45, 7) is 1.94. The fraction of sp³-hybridized carbons (Fsp3) is 0.267. The molecule has 104 valence electrons. The molecule has 0 saturated carbocycles. The topological polar surface area (TPSA) is 51.2 Å². The van der Waals surface area contributed by atoms with Gasteiger partial charge >= 0.3 is 0 Å². The Bertz CT molecular complexity index is 760. The SMILES string of the molecule is Cc1nn(C)c(CC(O)c2coc3ccccc23)c1Br. The van der Waals surface area contributed by atoms with Crippen LogP contribution < -0.4 is 0 Å². The van der Waals surface area contributed by atoms with E-state index < -0.39 is 6.10 Å². The van der Waals surface area contributed by atoms with Gasteiger partial charge in [0.25, 0.3) is 0 Å². The van der Waals surface area contributed by atoms with E-state index in [1.54, 1.807) is 10.9 Å². The molecule has 3 aromatic rings. The lowest BCUT2D eigenvalue weighted by atomic mass is 10.0. The van der Waals surface area contributed by atoms with Gasteiger partial charge in [-0.25, -0.2) is 0 Å². The van der Waals surface area contributed by atoms with Gasteiger partial charge in [0.1, 0.15) is 5.58 Å². The van der Waals surface area contributed by atoms with Crippen molar-refractivity contribution in [3.05, 3.63) is 52.0 Å². The van der Waals surface area contributed by atoms with Crippen LogP contribution in [0.5, 0.6) is 0 Å². The van der Waals surface area contributed by atoms with Crippen molar-refractivity contribution < 1.29 is 9.52 Å². The molecule has 0 aliphatic heterocycles. The molecule has 4 nitrogen and oxygen atoms in total. The van der Waals surface area contributed by atoms with Crippen LogP contribution in [-0.2, 0) is 13.5 Å². The number of aromatic nitrogens is 2. The molecule has 0 fully saturated rings. The largest absolute Gasteiger partial charge is 0.464 e. The van der Waals surface area contributed by atoms with Crippen LogP contribution in [0.1, 0.15) is 23.1 Å². The number of rotatable bonds is 3. The summed E-state index contributed by atoms with van der Waals surface area (Å²) in [5.74, 6) is 0. The Balaban J connectivity index is 1.95. The molecule has 0 saturated heterocycles. The van der Waals surface area contributed by atoms with E-state index in [9.17, 15) is 5.11 Å². The lowest BCUT2D eigenvalue weighted by Gasteiger charge is -2.10. The highest BCUT2D eigenvalue weighted by Gasteiger charge is 2.19. The van der Waals surface area contributed by atoms with Crippen LogP contribution in [-0.4, -0.2) is 14.9 Å². The second-order valence-electron chi connectivity index (χ2n) is 4.88. The molecule has 0 amide bonds. The highest BCUT2D eigenvalue weighted by atomic mass is 79.9. The molecule has 2 aromatic heterocycles. The lowest BCUT2D eigenvalue weighted by molar-refractivity contribution is 0.176. The zero-order valence-corrected chi connectivity index (χ0v) is 12.9.